The van der Waals surface area contributed by atoms with E-state index in [0.717, 1.165) is 67.8 Å². The minimum Gasteiger partial charge on any atom is -0.494 e. The molecule has 1 saturated carbocycles. The number of hydrogen-bond acceptors (Lipinski definition) is 5. The maximum Gasteiger partial charge on any atom is 0.546 e. The van der Waals surface area contributed by atoms with Crippen LogP contribution in [0.15, 0.2) is 60.7 Å². The molecule has 3 aromatic rings. The molecule has 9 heteroatoms. The summed E-state index contributed by atoms with van der Waals surface area (Å²) >= 11 is 0. The van der Waals surface area contributed by atoms with Crippen LogP contribution < -0.4 is 14.9 Å². The van der Waals surface area contributed by atoms with Gasteiger partial charge in [0.15, 0.2) is 0 Å². The van der Waals surface area contributed by atoms with Crippen molar-refractivity contribution in [2.75, 3.05) is 31.1 Å². The normalized spacial score (nSPS) is 19.1. The Balaban J connectivity index is 1.17. The van der Waals surface area contributed by atoms with E-state index in [-0.39, 0.29) is 11.9 Å². The van der Waals surface area contributed by atoms with Gasteiger partial charge in [0.05, 0.1) is 13.2 Å². The molecular formula is C31H33FN2O5P+. The second kappa shape index (κ2) is 10.9. The van der Waals surface area contributed by atoms with E-state index in [0.29, 0.717) is 30.1 Å². The van der Waals surface area contributed by atoms with Crippen molar-refractivity contribution < 1.29 is 28.1 Å². The third kappa shape index (κ3) is 5.49. The Hall–Kier alpha value is -3.32. The number of ether oxygens (including phenoxy) is 2. The number of rotatable bonds is 8. The molecule has 40 heavy (non-hydrogen) atoms. The smallest absolute Gasteiger partial charge is 0.494 e. The molecule has 1 unspecified atom stereocenters. The van der Waals surface area contributed by atoms with Crippen molar-refractivity contribution in [2.24, 2.45) is 0 Å². The van der Waals surface area contributed by atoms with Gasteiger partial charge < -0.3 is 9.47 Å². The number of likely N-dealkylation sites (tertiary alicyclic amines) is 1. The fourth-order valence-corrected chi connectivity index (χ4v) is 6.27. The number of piperidine rings is 1. The third-order valence-corrected chi connectivity index (χ3v) is 8.96. The van der Waals surface area contributed by atoms with E-state index in [4.69, 9.17) is 9.47 Å². The van der Waals surface area contributed by atoms with Gasteiger partial charge in [-0.3, -0.25) is 9.80 Å². The molecule has 2 saturated heterocycles. The Kier molecular flexibility index (Phi) is 7.34. The van der Waals surface area contributed by atoms with Crippen molar-refractivity contribution in [1.82, 2.24) is 4.90 Å². The summed E-state index contributed by atoms with van der Waals surface area (Å²) in [7, 11) is -2.41. The average Bonchev–Trinajstić information content (AvgIpc) is 3.75. The van der Waals surface area contributed by atoms with Gasteiger partial charge in [-0.05, 0) is 95.5 Å². The van der Waals surface area contributed by atoms with E-state index in [1.54, 1.807) is 29.2 Å². The first-order valence-electron chi connectivity index (χ1n) is 13.9. The molecular weight excluding hydrogens is 530 g/mol. The average molecular weight is 564 g/mol. The van der Waals surface area contributed by atoms with Crippen LogP contribution >= 0.6 is 8.03 Å². The molecule has 2 heterocycles. The largest absolute Gasteiger partial charge is 0.546 e. The van der Waals surface area contributed by atoms with Crippen LogP contribution in [-0.4, -0.2) is 47.7 Å². The van der Waals surface area contributed by atoms with Gasteiger partial charge in [0.2, 0.25) is 5.30 Å². The van der Waals surface area contributed by atoms with Gasteiger partial charge in [-0.25, -0.2) is 9.18 Å². The lowest BCUT2D eigenvalue weighted by Crippen LogP contribution is -2.46. The fourth-order valence-electron chi connectivity index (χ4n) is 5.87. The molecule has 0 radical (unpaired) electrons. The van der Waals surface area contributed by atoms with Gasteiger partial charge in [0, 0.05) is 43.7 Å². The molecule has 6 rings (SSSR count). The van der Waals surface area contributed by atoms with Crippen LogP contribution in [0.5, 0.6) is 5.75 Å². The van der Waals surface area contributed by atoms with E-state index in [2.05, 4.69) is 17.0 Å². The SMILES string of the molecule is CCOc1cc(-c2ccc(F)cc2)c(C2CC2)cc1CN1CCC2(CC1)CN(c1ccc([P+](=O)O)cc1)C(=O)O2. The molecule has 7 nitrogen and oxygen atoms in total. The van der Waals surface area contributed by atoms with Crippen molar-refractivity contribution in [2.45, 2.75) is 50.7 Å². The van der Waals surface area contributed by atoms with E-state index in [1.165, 1.54) is 17.7 Å². The Bertz CT molecular complexity index is 1420. The van der Waals surface area contributed by atoms with Crippen LogP contribution in [0.1, 0.15) is 49.7 Å². The lowest BCUT2D eigenvalue weighted by Gasteiger charge is -2.37. The van der Waals surface area contributed by atoms with E-state index < -0.39 is 13.6 Å². The monoisotopic (exact) mass is 563 g/mol. The summed E-state index contributed by atoms with van der Waals surface area (Å²) < 4.78 is 37.0. The maximum absolute atomic E-state index is 13.6. The molecule has 3 aliphatic rings. The van der Waals surface area contributed by atoms with Crippen LogP contribution in [0.4, 0.5) is 14.9 Å². The number of hydrogen-bond donors (Lipinski definition) is 1. The Morgan fingerprint density at radius 2 is 1.77 bits per heavy atom. The Morgan fingerprint density at radius 1 is 1.07 bits per heavy atom. The summed E-state index contributed by atoms with van der Waals surface area (Å²) in [5.41, 5.74) is 4.70. The molecule has 1 spiro atoms. The number of benzene rings is 3. The number of carbonyl (C=O) groups is 1. The number of amides is 1. The highest BCUT2D eigenvalue weighted by atomic mass is 31.1. The zero-order valence-corrected chi connectivity index (χ0v) is 23.4. The van der Waals surface area contributed by atoms with Crippen molar-refractivity contribution in [3.8, 4) is 16.9 Å². The second-order valence-electron chi connectivity index (χ2n) is 11.0. The third-order valence-electron chi connectivity index (χ3n) is 8.22. The topological polar surface area (TPSA) is 79.3 Å². The summed E-state index contributed by atoms with van der Waals surface area (Å²) in [5.74, 6) is 1.14. The fraction of sp³-hybridized carbons (Fsp3) is 0.387. The molecule has 1 atom stereocenters. The van der Waals surface area contributed by atoms with Crippen LogP contribution in [0.25, 0.3) is 11.1 Å². The molecule has 0 bridgehead atoms. The molecule has 1 amide bonds. The summed E-state index contributed by atoms with van der Waals surface area (Å²) in [5, 5.41) is 0.330. The first-order chi connectivity index (χ1) is 19.3. The summed E-state index contributed by atoms with van der Waals surface area (Å²) in [4.78, 5) is 26.1. The Labute approximate surface area is 234 Å². The van der Waals surface area contributed by atoms with Crippen LogP contribution in [0.3, 0.4) is 0 Å². The van der Waals surface area contributed by atoms with Gasteiger partial charge >= 0.3 is 14.1 Å². The standard InChI is InChI=1S/C31H32FN2O5P/c1-2-38-29-18-28(22-5-7-24(32)8-6-22)27(21-3-4-21)17-23(29)19-33-15-13-31(14-16-33)20-34(30(35)39-31)25-9-11-26(12-10-25)40(36)37/h5-12,17-18,21H,2-4,13-16,19-20H2,1H3/p+1. The lowest BCUT2D eigenvalue weighted by atomic mass is 9.90. The molecule has 208 valence electrons. The zero-order valence-electron chi connectivity index (χ0n) is 22.5. The first kappa shape index (κ1) is 26.9. The number of halogens is 1. The molecule has 2 aliphatic heterocycles. The van der Waals surface area contributed by atoms with E-state index >= 15 is 0 Å². The Morgan fingerprint density at radius 3 is 2.40 bits per heavy atom. The zero-order chi connectivity index (χ0) is 27.9. The van der Waals surface area contributed by atoms with Gasteiger partial charge in [0.1, 0.15) is 17.2 Å². The summed E-state index contributed by atoms with van der Waals surface area (Å²) in [6, 6.07) is 17.6. The van der Waals surface area contributed by atoms with Crippen LogP contribution in [-0.2, 0) is 15.8 Å². The molecule has 0 aromatic heterocycles. The van der Waals surface area contributed by atoms with Crippen molar-refractivity contribution in [3.05, 3.63) is 77.6 Å². The highest BCUT2D eigenvalue weighted by molar-refractivity contribution is 7.47. The quantitative estimate of drug-likeness (QED) is 0.333. The van der Waals surface area contributed by atoms with Gasteiger partial charge in [-0.1, -0.05) is 12.1 Å². The van der Waals surface area contributed by atoms with Crippen LogP contribution in [0, 0.1) is 5.82 Å². The molecule has 1 aliphatic carbocycles. The maximum atomic E-state index is 13.6. The molecule has 3 fully saturated rings. The highest BCUT2D eigenvalue weighted by Gasteiger charge is 2.47. The minimum atomic E-state index is -2.41. The van der Waals surface area contributed by atoms with Crippen molar-refractivity contribution in [3.63, 3.8) is 0 Å². The molecule has 3 aromatic carbocycles. The van der Waals surface area contributed by atoms with Gasteiger partial charge in [-0.2, -0.15) is 4.89 Å². The first-order valence-corrected chi connectivity index (χ1v) is 15.1. The van der Waals surface area contributed by atoms with E-state index in [1.807, 2.05) is 19.1 Å². The minimum absolute atomic E-state index is 0.241. The highest BCUT2D eigenvalue weighted by Crippen LogP contribution is 2.47. The van der Waals surface area contributed by atoms with Crippen LogP contribution in [0.2, 0.25) is 0 Å². The predicted molar refractivity (Wildman–Crippen MR) is 152 cm³/mol. The predicted octanol–water partition coefficient (Wildman–Crippen LogP) is 6.12. The van der Waals surface area contributed by atoms with Gasteiger partial charge in [-0.15, -0.1) is 0 Å². The molecule has 1 N–H and O–H groups in total. The second-order valence-corrected chi connectivity index (χ2v) is 12.0. The van der Waals surface area contributed by atoms with E-state index in [9.17, 15) is 18.6 Å². The number of nitrogens with zero attached hydrogens (tertiary/aromatic N) is 2. The van der Waals surface area contributed by atoms with Crippen molar-refractivity contribution >= 4 is 25.1 Å². The summed E-state index contributed by atoms with van der Waals surface area (Å²) in [6.07, 6.45) is 3.40. The lowest BCUT2D eigenvalue weighted by molar-refractivity contribution is -0.00111. The number of anilines is 1. The van der Waals surface area contributed by atoms with Crippen molar-refractivity contribution in [1.29, 1.82) is 0 Å². The summed E-state index contributed by atoms with van der Waals surface area (Å²) in [6.45, 7) is 5.33. The van der Waals surface area contributed by atoms with Gasteiger partial charge in [0.25, 0.3) is 0 Å². The number of carbonyl (C=O) groups excluding carboxylic acids is 1.